The molecule has 0 saturated heterocycles. The van der Waals surface area contributed by atoms with Crippen molar-refractivity contribution in [2.24, 2.45) is 0 Å². The molecule has 0 bridgehead atoms. The number of ether oxygens (including phenoxy) is 1. The second-order valence-electron chi connectivity index (χ2n) is 4.88. The smallest absolute Gasteiger partial charge is 0.139 e. The molecule has 112 valence electrons. The fourth-order valence-corrected chi connectivity index (χ4v) is 2.00. The number of rotatable bonds is 6. The van der Waals surface area contributed by atoms with E-state index in [1.807, 2.05) is 38.1 Å². The first-order chi connectivity index (χ1) is 10.1. The van der Waals surface area contributed by atoms with Gasteiger partial charge in [-0.3, -0.25) is 0 Å². The van der Waals surface area contributed by atoms with Gasteiger partial charge in [-0.1, -0.05) is 13.0 Å². The number of nitrogens with one attached hydrogen (secondary N) is 2. The summed E-state index contributed by atoms with van der Waals surface area (Å²) in [5, 5.41) is 6.67. The maximum atomic E-state index is 5.24. The minimum Gasteiger partial charge on any atom is -0.497 e. The van der Waals surface area contributed by atoms with E-state index in [1.54, 1.807) is 7.11 Å². The van der Waals surface area contributed by atoms with Crippen molar-refractivity contribution in [3.05, 3.63) is 35.7 Å². The summed E-state index contributed by atoms with van der Waals surface area (Å²) in [7, 11) is 1.66. The second-order valence-corrected chi connectivity index (χ2v) is 4.88. The van der Waals surface area contributed by atoms with Gasteiger partial charge in [-0.05, 0) is 32.4 Å². The Labute approximate surface area is 125 Å². The predicted molar refractivity (Wildman–Crippen MR) is 86.6 cm³/mol. The average Bonchev–Trinajstić information content (AvgIpc) is 2.49. The number of hydrogen-bond donors (Lipinski definition) is 2. The molecule has 1 aromatic heterocycles. The fourth-order valence-electron chi connectivity index (χ4n) is 2.00. The van der Waals surface area contributed by atoms with Gasteiger partial charge in [0.2, 0.25) is 0 Å². The lowest BCUT2D eigenvalue weighted by atomic mass is 10.2. The lowest BCUT2D eigenvalue weighted by Gasteiger charge is -2.14. The minimum atomic E-state index is 0.740. The number of aryl methyl sites for hydroxylation is 1. The molecule has 0 aliphatic rings. The summed E-state index contributed by atoms with van der Waals surface area (Å²) < 4.78 is 5.24. The zero-order valence-electron chi connectivity index (χ0n) is 13.0. The largest absolute Gasteiger partial charge is 0.497 e. The molecule has 0 spiro atoms. The van der Waals surface area contributed by atoms with E-state index in [4.69, 9.17) is 4.74 Å². The molecular formula is C16H22N4O. The average molecular weight is 286 g/mol. The van der Waals surface area contributed by atoms with Crippen molar-refractivity contribution in [1.82, 2.24) is 9.97 Å². The van der Waals surface area contributed by atoms with Gasteiger partial charge in [0, 0.05) is 23.9 Å². The summed E-state index contributed by atoms with van der Waals surface area (Å²) in [5.74, 6) is 3.25. The molecule has 21 heavy (non-hydrogen) atoms. The van der Waals surface area contributed by atoms with Crippen molar-refractivity contribution < 1.29 is 4.74 Å². The van der Waals surface area contributed by atoms with Crippen molar-refractivity contribution in [2.75, 3.05) is 24.3 Å². The maximum absolute atomic E-state index is 5.24. The summed E-state index contributed by atoms with van der Waals surface area (Å²) in [4.78, 5) is 8.95. The van der Waals surface area contributed by atoms with Crippen molar-refractivity contribution in [3.8, 4) is 5.75 Å². The molecular weight excluding hydrogens is 264 g/mol. The van der Waals surface area contributed by atoms with Crippen LogP contribution in [0.5, 0.6) is 5.75 Å². The van der Waals surface area contributed by atoms with Crippen LogP contribution in [-0.2, 0) is 0 Å². The minimum absolute atomic E-state index is 0.740. The standard InChI is InChI=1S/C16H22N4O/c1-5-9-17-15-11(2)16(19-12(3)18-15)20-13-7-6-8-14(10-13)21-4/h6-8,10H,5,9H2,1-4H3,(H2,17,18,19,20). The molecule has 0 fully saturated rings. The van der Waals surface area contributed by atoms with Gasteiger partial charge >= 0.3 is 0 Å². The Morgan fingerprint density at radius 1 is 1.14 bits per heavy atom. The van der Waals surface area contributed by atoms with Crippen LogP contribution in [0.3, 0.4) is 0 Å². The van der Waals surface area contributed by atoms with Crippen LogP contribution >= 0.6 is 0 Å². The molecule has 5 nitrogen and oxygen atoms in total. The molecule has 2 aromatic rings. The van der Waals surface area contributed by atoms with Crippen LogP contribution in [0.1, 0.15) is 24.7 Å². The van der Waals surface area contributed by atoms with Gasteiger partial charge in [0.15, 0.2) is 0 Å². The molecule has 2 rings (SSSR count). The fraction of sp³-hybridized carbons (Fsp3) is 0.375. The summed E-state index contributed by atoms with van der Waals surface area (Å²) in [6.07, 6.45) is 1.06. The molecule has 0 radical (unpaired) electrons. The van der Waals surface area contributed by atoms with Crippen molar-refractivity contribution >= 4 is 17.3 Å². The van der Waals surface area contributed by atoms with Crippen LogP contribution in [0, 0.1) is 13.8 Å². The van der Waals surface area contributed by atoms with Gasteiger partial charge in [0.05, 0.1) is 7.11 Å². The van der Waals surface area contributed by atoms with Gasteiger partial charge in [0.1, 0.15) is 23.2 Å². The normalized spacial score (nSPS) is 10.3. The summed E-state index contributed by atoms with van der Waals surface area (Å²) in [6.45, 7) is 6.94. The topological polar surface area (TPSA) is 59.1 Å². The Bertz CT molecular complexity index is 613. The van der Waals surface area contributed by atoms with Gasteiger partial charge in [-0.25, -0.2) is 9.97 Å². The highest BCUT2D eigenvalue weighted by Crippen LogP contribution is 2.25. The van der Waals surface area contributed by atoms with Gasteiger partial charge in [-0.2, -0.15) is 0 Å². The molecule has 0 saturated carbocycles. The second kappa shape index (κ2) is 6.92. The van der Waals surface area contributed by atoms with Crippen LogP contribution in [0.4, 0.5) is 17.3 Å². The van der Waals surface area contributed by atoms with Gasteiger partial charge in [-0.15, -0.1) is 0 Å². The summed E-state index contributed by atoms with van der Waals surface area (Å²) in [5.41, 5.74) is 1.95. The number of hydrogen-bond acceptors (Lipinski definition) is 5. The lowest BCUT2D eigenvalue weighted by Crippen LogP contribution is -2.08. The molecule has 0 unspecified atom stereocenters. The Kier molecular flexibility index (Phi) is 4.98. The quantitative estimate of drug-likeness (QED) is 0.848. The van der Waals surface area contributed by atoms with E-state index in [-0.39, 0.29) is 0 Å². The van der Waals surface area contributed by atoms with Crippen LogP contribution in [0.2, 0.25) is 0 Å². The van der Waals surface area contributed by atoms with E-state index in [9.17, 15) is 0 Å². The SMILES string of the molecule is CCCNc1nc(C)nc(Nc2cccc(OC)c2)c1C. The van der Waals surface area contributed by atoms with Crippen LogP contribution in [-0.4, -0.2) is 23.6 Å². The summed E-state index contributed by atoms with van der Waals surface area (Å²) >= 11 is 0. The van der Waals surface area contributed by atoms with Crippen LogP contribution in [0.15, 0.2) is 24.3 Å². The molecule has 0 aliphatic carbocycles. The lowest BCUT2D eigenvalue weighted by molar-refractivity contribution is 0.415. The number of methoxy groups -OCH3 is 1. The number of benzene rings is 1. The highest BCUT2D eigenvalue weighted by molar-refractivity contribution is 5.65. The summed E-state index contributed by atoms with van der Waals surface area (Å²) in [6, 6.07) is 7.78. The first-order valence-electron chi connectivity index (χ1n) is 7.14. The molecule has 0 aliphatic heterocycles. The van der Waals surface area contributed by atoms with E-state index >= 15 is 0 Å². The highest BCUT2D eigenvalue weighted by atomic mass is 16.5. The third-order valence-corrected chi connectivity index (χ3v) is 3.13. The Hall–Kier alpha value is -2.30. The Balaban J connectivity index is 2.28. The third-order valence-electron chi connectivity index (χ3n) is 3.13. The molecule has 0 atom stereocenters. The number of anilines is 3. The van der Waals surface area contributed by atoms with Crippen LogP contribution < -0.4 is 15.4 Å². The van der Waals surface area contributed by atoms with Crippen molar-refractivity contribution in [2.45, 2.75) is 27.2 Å². The Morgan fingerprint density at radius 2 is 1.90 bits per heavy atom. The Morgan fingerprint density at radius 3 is 2.62 bits per heavy atom. The molecule has 0 amide bonds. The third kappa shape index (κ3) is 3.84. The molecule has 1 heterocycles. The first kappa shape index (κ1) is 15.1. The zero-order valence-corrected chi connectivity index (χ0v) is 13.0. The zero-order chi connectivity index (χ0) is 15.2. The van der Waals surface area contributed by atoms with Crippen molar-refractivity contribution in [1.29, 1.82) is 0 Å². The van der Waals surface area contributed by atoms with E-state index < -0.39 is 0 Å². The predicted octanol–water partition coefficient (Wildman–Crippen LogP) is 3.67. The number of aromatic nitrogens is 2. The first-order valence-corrected chi connectivity index (χ1v) is 7.14. The monoisotopic (exact) mass is 286 g/mol. The van der Waals surface area contributed by atoms with Crippen molar-refractivity contribution in [3.63, 3.8) is 0 Å². The van der Waals surface area contributed by atoms with E-state index in [0.717, 1.165) is 47.4 Å². The highest BCUT2D eigenvalue weighted by Gasteiger charge is 2.09. The molecule has 1 aromatic carbocycles. The van der Waals surface area contributed by atoms with Crippen LogP contribution in [0.25, 0.3) is 0 Å². The molecule has 5 heteroatoms. The van der Waals surface area contributed by atoms with Gasteiger partial charge in [0.25, 0.3) is 0 Å². The van der Waals surface area contributed by atoms with E-state index in [2.05, 4.69) is 27.5 Å². The molecule has 2 N–H and O–H groups in total. The number of nitrogens with zero attached hydrogens (tertiary/aromatic N) is 2. The van der Waals surface area contributed by atoms with Gasteiger partial charge < -0.3 is 15.4 Å². The maximum Gasteiger partial charge on any atom is 0.139 e. The van der Waals surface area contributed by atoms with E-state index in [1.165, 1.54) is 0 Å². The van der Waals surface area contributed by atoms with E-state index in [0.29, 0.717) is 0 Å².